The Morgan fingerprint density at radius 2 is 1.87 bits per heavy atom. The zero-order chi connectivity index (χ0) is 21.4. The summed E-state index contributed by atoms with van der Waals surface area (Å²) in [5.41, 5.74) is 2.78. The molecule has 2 aromatic carbocycles. The summed E-state index contributed by atoms with van der Waals surface area (Å²) in [5.74, 6) is -0.575. The number of carbonyl (C=O) groups excluding carboxylic acids is 2. The van der Waals surface area contributed by atoms with Gasteiger partial charge in [-0.15, -0.1) is 0 Å². The molecule has 1 saturated heterocycles. The van der Waals surface area contributed by atoms with E-state index in [4.69, 9.17) is 28.6 Å². The number of benzene rings is 2. The van der Waals surface area contributed by atoms with E-state index in [1.165, 1.54) is 12.0 Å². The lowest BCUT2D eigenvalue weighted by Crippen LogP contribution is -2.31. The van der Waals surface area contributed by atoms with Gasteiger partial charge in [0.1, 0.15) is 12.2 Å². The smallest absolute Gasteiger partial charge is 0.325 e. The Hall–Kier alpha value is -3.16. The molecular formula is C22H18ClN3O3S. The van der Waals surface area contributed by atoms with Crippen LogP contribution in [0.2, 0.25) is 5.02 Å². The third-order valence-corrected chi connectivity index (χ3v) is 5.69. The quantitative estimate of drug-likeness (QED) is 0.348. The van der Waals surface area contributed by atoms with Gasteiger partial charge in [-0.3, -0.25) is 14.5 Å². The minimum Gasteiger partial charge on any atom is -0.468 e. The summed E-state index contributed by atoms with van der Waals surface area (Å²) < 4.78 is 6.60. The number of hydrogen-bond donors (Lipinski definition) is 0. The molecule has 0 bridgehead atoms. The van der Waals surface area contributed by atoms with Crippen molar-refractivity contribution in [2.75, 3.05) is 19.1 Å². The van der Waals surface area contributed by atoms with Gasteiger partial charge in [0.2, 0.25) is 0 Å². The van der Waals surface area contributed by atoms with Crippen molar-refractivity contribution in [2.45, 2.75) is 6.54 Å². The molecule has 1 aromatic heterocycles. The van der Waals surface area contributed by atoms with Crippen LogP contribution in [-0.4, -0.2) is 40.6 Å². The van der Waals surface area contributed by atoms with Gasteiger partial charge in [-0.25, -0.2) is 0 Å². The van der Waals surface area contributed by atoms with Crippen LogP contribution in [0.5, 0.6) is 0 Å². The molecule has 0 aliphatic carbocycles. The van der Waals surface area contributed by atoms with Crippen molar-refractivity contribution < 1.29 is 14.3 Å². The molecule has 2 heterocycles. The maximum Gasteiger partial charge on any atom is 0.325 e. The van der Waals surface area contributed by atoms with E-state index in [0.717, 1.165) is 16.5 Å². The molecule has 8 heteroatoms. The van der Waals surface area contributed by atoms with Gasteiger partial charge < -0.3 is 14.2 Å². The van der Waals surface area contributed by atoms with Crippen molar-refractivity contribution in [3.8, 4) is 0 Å². The highest BCUT2D eigenvalue weighted by atomic mass is 35.5. The highest BCUT2D eigenvalue weighted by Crippen LogP contribution is 2.31. The van der Waals surface area contributed by atoms with Crippen LogP contribution in [0.1, 0.15) is 5.56 Å². The summed E-state index contributed by atoms with van der Waals surface area (Å²) in [4.78, 5) is 28.1. The van der Waals surface area contributed by atoms with Crippen molar-refractivity contribution >= 4 is 63.5 Å². The van der Waals surface area contributed by atoms with Gasteiger partial charge >= 0.3 is 5.97 Å². The van der Waals surface area contributed by atoms with Gasteiger partial charge in [-0.05, 0) is 48.6 Å². The van der Waals surface area contributed by atoms with Crippen LogP contribution in [0.25, 0.3) is 17.0 Å². The number of rotatable bonds is 4. The summed E-state index contributed by atoms with van der Waals surface area (Å²) in [5, 5.41) is 1.89. The Bertz CT molecular complexity index is 1200. The fourth-order valence-corrected chi connectivity index (χ4v) is 3.86. The molecule has 6 nitrogen and oxygen atoms in total. The average molecular weight is 440 g/mol. The fraction of sp³-hybridized carbons (Fsp3) is 0.136. The van der Waals surface area contributed by atoms with E-state index in [1.807, 2.05) is 35.0 Å². The van der Waals surface area contributed by atoms with E-state index >= 15 is 0 Å². The largest absolute Gasteiger partial charge is 0.468 e. The maximum atomic E-state index is 13.2. The maximum absolute atomic E-state index is 13.2. The lowest BCUT2D eigenvalue weighted by Gasteiger charge is -2.16. The lowest BCUT2D eigenvalue weighted by molar-refractivity contribution is -0.141. The highest BCUT2D eigenvalue weighted by molar-refractivity contribution is 7.80. The number of para-hydroxylation sites is 1. The molecular weight excluding hydrogens is 422 g/mol. The van der Waals surface area contributed by atoms with Crippen LogP contribution in [-0.2, 0) is 20.9 Å². The van der Waals surface area contributed by atoms with Crippen molar-refractivity contribution in [3.05, 3.63) is 71.0 Å². The number of anilines is 1. The lowest BCUT2D eigenvalue weighted by atomic mass is 10.1. The molecule has 152 valence electrons. The van der Waals surface area contributed by atoms with Crippen LogP contribution >= 0.6 is 23.8 Å². The van der Waals surface area contributed by atoms with Crippen molar-refractivity contribution in [3.63, 3.8) is 0 Å². The highest BCUT2D eigenvalue weighted by Gasteiger charge is 2.37. The second-order valence-corrected chi connectivity index (χ2v) is 7.60. The van der Waals surface area contributed by atoms with Gasteiger partial charge in [0, 0.05) is 34.7 Å². The second kappa shape index (κ2) is 7.93. The Balaban J connectivity index is 1.77. The number of thiocarbonyl (C=S) groups is 1. The van der Waals surface area contributed by atoms with Crippen LogP contribution in [0.15, 0.2) is 60.4 Å². The van der Waals surface area contributed by atoms with Gasteiger partial charge in [0.15, 0.2) is 5.11 Å². The first-order valence-corrected chi connectivity index (χ1v) is 9.93. The number of ether oxygens (including phenoxy) is 1. The number of likely N-dealkylation sites (N-methyl/N-ethyl adjacent to an activating group) is 1. The number of amides is 1. The van der Waals surface area contributed by atoms with Gasteiger partial charge in [-0.1, -0.05) is 29.8 Å². The monoisotopic (exact) mass is 439 g/mol. The zero-order valence-corrected chi connectivity index (χ0v) is 17.9. The third kappa shape index (κ3) is 3.46. The fourth-order valence-electron chi connectivity index (χ4n) is 3.45. The van der Waals surface area contributed by atoms with Crippen LogP contribution in [0.4, 0.5) is 5.69 Å². The van der Waals surface area contributed by atoms with Gasteiger partial charge in [-0.2, -0.15) is 0 Å². The van der Waals surface area contributed by atoms with Crippen LogP contribution in [0, 0.1) is 0 Å². The van der Waals surface area contributed by atoms with E-state index in [9.17, 15) is 9.59 Å². The zero-order valence-electron chi connectivity index (χ0n) is 16.3. The van der Waals surface area contributed by atoms with Gasteiger partial charge in [0.25, 0.3) is 5.91 Å². The standard InChI is InChI=1S/C22H18ClN3O3S/c1-24-19(21(28)26(22(24)30)16-9-7-15(23)8-10-16)11-14-12-25(13-20(27)29-2)18-6-4-3-5-17(14)18/h3-12H,13H2,1-2H3/b19-11-. The summed E-state index contributed by atoms with van der Waals surface area (Å²) in [6, 6.07) is 14.6. The second-order valence-electron chi connectivity index (χ2n) is 6.79. The Labute approximate surface area is 183 Å². The number of hydrogen-bond acceptors (Lipinski definition) is 4. The van der Waals surface area contributed by atoms with E-state index in [-0.39, 0.29) is 18.4 Å². The summed E-state index contributed by atoms with van der Waals surface area (Å²) in [6.45, 7) is 0.0826. The van der Waals surface area contributed by atoms with E-state index in [2.05, 4.69) is 0 Å². The van der Waals surface area contributed by atoms with E-state index in [0.29, 0.717) is 21.5 Å². The predicted molar refractivity (Wildman–Crippen MR) is 121 cm³/mol. The molecule has 0 saturated carbocycles. The Morgan fingerprint density at radius 1 is 1.17 bits per heavy atom. The molecule has 1 fully saturated rings. The number of aromatic nitrogens is 1. The summed E-state index contributed by atoms with van der Waals surface area (Å²) in [6.07, 6.45) is 3.63. The first-order valence-electron chi connectivity index (χ1n) is 9.15. The first-order chi connectivity index (χ1) is 14.4. The molecule has 3 aromatic rings. The molecule has 0 atom stereocenters. The van der Waals surface area contributed by atoms with E-state index < -0.39 is 0 Å². The topological polar surface area (TPSA) is 54.8 Å². The predicted octanol–water partition coefficient (Wildman–Crippen LogP) is 4.07. The third-order valence-electron chi connectivity index (χ3n) is 4.99. The molecule has 4 rings (SSSR count). The minimum absolute atomic E-state index is 0.0826. The summed E-state index contributed by atoms with van der Waals surface area (Å²) in [7, 11) is 3.12. The molecule has 1 amide bonds. The van der Waals surface area contributed by atoms with Crippen molar-refractivity contribution in [1.82, 2.24) is 9.47 Å². The first kappa shape index (κ1) is 20.1. The van der Waals surface area contributed by atoms with Crippen LogP contribution in [0.3, 0.4) is 0 Å². The number of esters is 1. The minimum atomic E-state index is -0.348. The number of fused-ring (bicyclic) bond motifs is 1. The molecule has 0 radical (unpaired) electrons. The number of carbonyl (C=O) groups is 2. The number of methoxy groups -OCH3 is 1. The van der Waals surface area contributed by atoms with E-state index in [1.54, 1.807) is 42.3 Å². The average Bonchev–Trinajstić information content (AvgIpc) is 3.19. The van der Waals surface area contributed by atoms with Crippen molar-refractivity contribution in [2.24, 2.45) is 0 Å². The number of nitrogens with zero attached hydrogens (tertiary/aromatic N) is 3. The molecule has 0 unspecified atom stereocenters. The van der Waals surface area contributed by atoms with Crippen LogP contribution < -0.4 is 4.90 Å². The summed E-state index contributed by atoms with van der Waals surface area (Å²) >= 11 is 11.5. The van der Waals surface area contributed by atoms with Gasteiger partial charge in [0.05, 0.1) is 12.8 Å². The Kier molecular flexibility index (Phi) is 5.32. The molecule has 0 N–H and O–H groups in total. The SMILES string of the molecule is COC(=O)Cn1cc(/C=C2/C(=O)N(c3ccc(Cl)cc3)C(=S)N2C)c2ccccc21. The molecule has 0 spiro atoms. The molecule has 1 aliphatic rings. The Morgan fingerprint density at radius 3 is 2.57 bits per heavy atom. The normalized spacial score (nSPS) is 15.5. The van der Waals surface area contributed by atoms with Crippen molar-refractivity contribution in [1.29, 1.82) is 0 Å². The molecule has 30 heavy (non-hydrogen) atoms. The molecule has 1 aliphatic heterocycles. The number of halogens is 1.